The monoisotopic (exact) mass is 553 g/mol. The van der Waals surface area contributed by atoms with Crippen LogP contribution in [0.2, 0.25) is 5.02 Å². The Labute approximate surface area is 206 Å². The first-order valence-electron chi connectivity index (χ1n) is 10.1. The first-order valence-corrected chi connectivity index (χ1v) is 10.5. The highest BCUT2D eigenvalue weighted by Crippen LogP contribution is 2.50. The predicted molar refractivity (Wildman–Crippen MR) is 109 cm³/mol. The molecule has 1 amide bonds. The summed E-state index contributed by atoms with van der Waals surface area (Å²) >= 11 is 6.06. The lowest BCUT2D eigenvalue weighted by Gasteiger charge is -2.19. The van der Waals surface area contributed by atoms with Crippen molar-refractivity contribution in [1.82, 2.24) is 20.3 Å². The van der Waals surface area contributed by atoms with Crippen LogP contribution in [0, 0.1) is 11.3 Å². The van der Waals surface area contributed by atoms with Gasteiger partial charge in [0.1, 0.15) is 22.5 Å². The van der Waals surface area contributed by atoms with Crippen molar-refractivity contribution in [1.29, 1.82) is 5.26 Å². The highest BCUT2D eigenvalue weighted by Gasteiger charge is 2.64. The van der Waals surface area contributed by atoms with Gasteiger partial charge in [-0.25, -0.2) is 0 Å². The number of alkyl halides is 8. The molecule has 3 aromatic rings. The maximum Gasteiger partial charge on any atom is 0.459 e. The van der Waals surface area contributed by atoms with E-state index in [1.807, 2.05) is 6.07 Å². The molecule has 37 heavy (non-hydrogen) atoms. The summed E-state index contributed by atoms with van der Waals surface area (Å²) in [5.74, 6) is -6.89. The third kappa shape index (κ3) is 4.61. The number of hydrogen-bond donors (Lipinski definition) is 1. The first kappa shape index (κ1) is 26.4. The van der Waals surface area contributed by atoms with Crippen molar-refractivity contribution in [2.24, 2.45) is 7.05 Å². The smallest absolute Gasteiger partial charge is 0.356 e. The zero-order chi connectivity index (χ0) is 27.6. The minimum atomic E-state index is -6.35. The molecule has 0 radical (unpaired) electrons. The second-order valence-corrected chi connectivity index (χ2v) is 8.59. The third-order valence-electron chi connectivity index (χ3n) is 5.55. The van der Waals surface area contributed by atoms with E-state index in [-0.39, 0.29) is 26.6 Å². The molecule has 2 aromatic heterocycles. The van der Waals surface area contributed by atoms with E-state index in [2.05, 4.69) is 15.6 Å². The Kier molecular flexibility index (Phi) is 6.02. The van der Waals surface area contributed by atoms with Gasteiger partial charge in [-0.1, -0.05) is 16.8 Å². The van der Waals surface area contributed by atoms with Gasteiger partial charge in [-0.05, 0) is 31.0 Å². The van der Waals surface area contributed by atoms with E-state index in [0.717, 1.165) is 13.1 Å². The van der Waals surface area contributed by atoms with Crippen LogP contribution in [-0.2, 0) is 19.1 Å². The van der Waals surface area contributed by atoms with Crippen molar-refractivity contribution in [3.05, 3.63) is 46.1 Å². The predicted octanol–water partition coefficient (Wildman–Crippen LogP) is 5.85. The van der Waals surface area contributed by atoms with Gasteiger partial charge in [0.2, 0.25) is 0 Å². The van der Waals surface area contributed by atoms with Crippen molar-refractivity contribution < 1.29 is 44.4 Å². The zero-order valence-electron chi connectivity index (χ0n) is 18.2. The molecule has 0 unspecified atom stereocenters. The molecule has 0 spiro atoms. The largest absolute Gasteiger partial charge is 0.459 e. The highest BCUT2D eigenvalue weighted by atomic mass is 35.5. The van der Waals surface area contributed by atoms with Crippen LogP contribution in [0.25, 0.3) is 22.7 Å². The number of aromatic nitrogens is 3. The van der Waals surface area contributed by atoms with Crippen molar-refractivity contribution >= 4 is 17.5 Å². The number of amides is 1. The van der Waals surface area contributed by atoms with Gasteiger partial charge in [-0.3, -0.25) is 9.48 Å². The van der Waals surface area contributed by atoms with Crippen LogP contribution in [0.3, 0.4) is 0 Å². The molecule has 1 aromatic carbocycles. The van der Waals surface area contributed by atoms with Gasteiger partial charge in [-0.2, -0.15) is 45.5 Å². The molecule has 0 atom stereocenters. The SMILES string of the molecule is Cn1nc(C(F)(F)C(F)(F)F)c(C(F)(F)F)c1-c1cc(-c2ccc(Cl)c(C(=O)NC3(C#N)CC3)c2)on1. The van der Waals surface area contributed by atoms with Gasteiger partial charge in [0.25, 0.3) is 5.91 Å². The molecular formula is C21H12ClF8N5O2. The fraction of sp³-hybridized carbons (Fsp3) is 0.333. The first-order chi connectivity index (χ1) is 17.0. The normalized spacial score (nSPS) is 15.4. The maximum absolute atomic E-state index is 13.9. The van der Waals surface area contributed by atoms with Crippen molar-refractivity contribution in [3.8, 4) is 28.8 Å². The average Bonchev–Trinajstić information content (AvgIpc) is 3.21. The molecule has 16 heteroatoms. The minimum Gasteiger partial charge on any atom is -0.356 e. The van der Waals surface area contributed by atoms with E-state index in [1.165, 1.54) is 18.2 Å². The second-order valence-electron chi connectivity index (χ2n) is 8.18. The Morgan fingerprint density at radius 1 is 1.16 bits per heavy atom. The summed E-state index contributed by atoms with van der Waals surface area (Å²) in [5, 5.41) is 17.8. The molecule has 1 N–H and O–H groups in total. The Bertz CT molecular complexity index is 1430. The van der Waals surface area contributed by atoms with E-state index in [9.17, 15) is 39.9 Å². The molecule has 2 heterocycles. The molecule has 7 nitrogen and oxygen atoms in total. The van der Waals surface area contributed by atoms with E-state index >= 15 is 0 Å². The molecule has 1 fully saturated rings. The molecular weight excluding hydrogens is 542 g/mol. The Balaban J connectivity index is 1.77. The number of benzene rings is 1. The molecule has 0 saturated heterocycles. The summed E-state index contributed by atoms with van der Waals surface area (Å²) in [5.41, 5.74) is -7.89. The van der Waals surface area contributed by atoms with Gasteiger partial charge in [-0.15, -0.1) is 0 Å². The number of carbonyl (C=O) groups excluding carboxylic acids is 1. The number of aryl methyl sites for hydroxylation is 1. The number of nitrogens with one attached hydrogen (secondary N) is 1. The number of rotatable bonds is 5. The Morgan fingerprint density at radius 3 is 2.35 bits per heavy atom. The molecule has 0 aliphatic heterocycles. The van der Waals surface area contributed by atoms with E-state index in [4.69, 9.17) is 21.4 Å². The maximum atomic E-state index is 13.9. The lowest BCUT2D eigenvalue weighted by molar-refractivity contribution is -0.292. The van der Waals surface area contributed by atoms with Crippen LogP contribution in [-0.4, -0.2) is 32.6 Å². The quantitative estimate of drug-likeness (QED) is 0.400. The standard InChI is InChI=1S/C21H12ClF8N5O2/c1-35-15(14(20(25,26)27)16(33-35)19(23,24)21(28,29)30)12-7-13(37-34-12)9-2-3-11(22)10(6-9)17(36)32-18(8-31)4-5-18/h2-3,6-7H,4-5H2,1H3,(H,32,36). The van der Waals surface area contributed by atoms with Crippen LogP contribution < -0.4 is 5.32 Å². The topological polar surface area (TPSA) is 96.7 Å². The minimum absolute atomic E-state index is 0.0280. The Hall–Kier alpha value is -3.67. The number of carbonyl (C=O) groups is 1. The van der Waals surface area contributed by atoms with Crippen LogP contribution in [0.4, 0.5) is 35.1 Å². The summed E-state index contributed by atoms with van der Waals surface area (Å²) < 4.78 is 113. The fourth-order valence-corrected chi connectivity index (χ4v) is 3.69. The van der Waals surface area contributed by atoms with Crippen LogP contribution in [0.1, 0.15) is 34.5 Å². The Morgan fingerprint density at radius 2 is 1.81 bits per heavy atom. The molecule has 0 bridgehead atoms. The van der Waals surface area contributed by atoms with Gasteiger partial charge in [0, 0.05) is 18.7 Å². The van der Waals surface area contributed by atoms with Gasteiger partial charge in [0.15, 0.2) is 11.5 Å². The zero-order valence-corrected chi connectivity index (χ0v) is 19.0. The molecule has 1 aliphatic carbocycles. The number of hydrogen-bond acceptors (Lipinski definition) is 5. The lowest BCUT2D eigenvalue weighted by atomic mass is 10.0. The summed E-state index contributed by atoms with van der Waals surface area (Å²) in [6, 6.07) is 6.56. The molecule has 1 aliphatic rings. The summed E-state index contributed by atoms with van der Waals surface area (Å²) in [7, 11) is 0.739. The summed E-state index contributed by atoms with van der Waals surface area (Å²) in [6.07, 6.45) is -11.2. The number of halogens is 9. The summed E-state index contributed by atoms with van der Waals surface area (Å²) in [6.45, 7) is 0. The van der Waals surface area contributed by atoms with Crippen LogP contribution >= 0.6 is 11.6 Å². The third-order valence-corrected chi connectivity index (χ3v) is 5.88. The molecule has 4 rings (SSSR count). The average molecular weight is 554 g/mol. The van der Waals surface area contributed by atoms with Gasteiger partial charge >= 0.3 is 18.3 Å². The van der Waals surface area contributed by atoms with Crippen LogP contribution in [0.15, 0.2) is 28.8 Å². The van der Waals surface area contributed by atoms with Crippen molar-refractivity contribution in [2.45, 2.75) is 36.7 Å². The van der Waals surface area contributed by atoms with Crippen molar-refractivity contribution in [3.63, 3.8) is 0 Å². The van der Waals surface area contributed by atoms with E-state index in [1.54, 1.807) is 0 Å². The van der Waals surface area contributed by atoms with E-state index in [0.29, 0.717) is 12.8 Å². The number of nitriles is 1. The van der Waals surface area contributed by atoms with Gasteiger partial charge < -0.3 is 9.84 Å². The lowest BCUT2D eigenvalue weighted by Crippen LogP contribution is -2.36. The number of nitrogens with zero attached hydrogens (tertiary/aromatic N) is 4. The second kappa shape index (κ2) is 8.44. The molecule has 1 saturated carbocycles. The van der Waals surface area contributed by atoms with E-state index < -0.39 is 52.4 Å². The molecule has 196 valence electrons. The highest BCUT2D eigenvalue weighted by molar-refractivity contribution is 6.34. The van der Waals surface area contributed by atoms with Crippen molar-refractivity contribution in [2.75, 3.05) is 0 Å². The fourth-order valence-electron chi connectivity index (χ4n) is 3.49. The van der Waals surface area contributed by atoms with Crippen LogP contribution in [0.5, 0.6) is 0 Å². The summed E-state index contributed by atoms with van der Waals surface area (Å²) in [4.78, 5) is 12.6. The van der Waals surface area contributed by atoms with Gasteiger partial charge in [0.05, 0.1) is 16.7 Å².